The minimum atomic E-state index is -1.17. The van der Waals surface area contributed by atoms with Crippen LogP contribution in [0.25, 0.3) is 0 Å². The van der Waals surface area contributed by atoms with Crippen LogP contribution in [-0.4, -0.2) is 65.9 Å². The lowest BCUT2D eigenvalue weighted by molar-refractivity contribution is -0.125. The molecule has 18 heavy (non-hydrogen) atoms. The molecule has 1 fully saturated rings. The maximum Gasteiger partial charge on any atom is 0.234 e. The van der Waals surface area contributed by atoms with E-state index in [0.29, 0.717) is 13.2 Å². The van der Waals surface area contributed by atoms with E-state index in [1.54, 1.807) is 14.1 Å². The number of ether oxygens (including phenoxy) is 1. The van der Waals surface area contributed by atoms with Crippen LogP contribution in [0.15, 0.2) is 0 Å². The molecule has 6 heteroatoms. The van der Waals surface area contributed by atoms with E-state index < -0.39 is 10.8 Å². The van der Waals surface area contributed by atoms with Crippen molar-refractivity contribution in [3.8, 4) is 0 Å². The zero-order valence-electron chi connectivity index (χ0n) is 11.5. The second-order valence-electron chi connectivity index (χ2n) is 4.78. The molecule has 1 rings (SSSR count). The first kappa shape index (κ1) is 15.6. The van der Waals surface area contributed by atoms with E-state index in [1.807, 2.05) is 0 Å². The SMILES string of the molecule is CCCNC1CCOCC1S(=O)CC(=O)N(C)C. The summed E-state index contributed by atoms with van der Waals surface area (Å²) in [5.74, 6) is -0.00105. The minimum absolute atomic E-state index is 0.0748. The van der Waals surface area contributed by atoms with Gasteiger partial charge in [-0.2, -0.15) is 0 Å². The molecule has 3 unspecified atom stereocenters. The van der Waals surface area contributed by atoms with Crippen LogP contribution in [0.4, 0.5) is 0 Å². The van der Waals surface area contributed by atoms with Gasteiger partial charge in [0.25, 0.3) is 0 Å². The Bertz CT molecular complexity index is 297. The van der Waals surface area contributed by atoms with Gasteiger partial charge in [0.1, 0.15) is 5.75 Å². The highest BCUT2D eigenvalue weighted by Crippen LogP contribution is 2.14. The molecule has 1 aliphatic heterocycles. The first-order valence-corrected chi connectivity index (χ1v) is 7.83. The van der Waals surface area contributed by atoms with E-state index >= 15 is 0 Å². The standard InChI is InChI=1S/C12H24N2O3S/c1-4-6-13-10-5-7-17-8-11(10)18(16)9-12(15)14(2)3/h10-11,13H,4-9H2,1-3H3. The monoisotopic (exact) mass is 276 g/mol. The predicted octanol–water partition coefficient (Wildman–Crippen LogP) is -0.0196. The van der Waals surface area contributed by atoms with E-state index in [0.717, 1.165) is 19.4 Å². The molecule has 0 aromatic rings. The van der Waals surface area contributed by atoms with Crippen molar-refractivity contribution in [1.29, 1.82) is 0 Å². The fourth-order valence-electron chi connectivity index (χ4n) is 1.89. The molecule has 0 spiro atoms. The van der Waals surface area contributed by atoms with Crippen molar-refractivity contribution >= 4 is 16.7 Å². The number of amides is 1. The third-order valence-electron chi connectivity index (χ3n) is 3.06. The number of hydrogen-bond acceptors (Lipinski definition) is 4. The first-order chi connectivity index (χ1) is 8.56. The molecule has 0 aromatic carbocycles. The average molecular weight is 276 g/mol. The maximum absolute atomic E-state index is 12.2. The van der Waals surface area contributed by atoms with Gasteiger partial charge >= 0.3 is 0 Å². The molecule has 1 saturated heterocycles. The van der Waals surface area contributed by atoms with Crippen molar-refractivity contribution in [3.05, 3.63) is 0 Å². The van der Waals surface area contributed by atoms with Crippen molar-refractivity contribution in [2.75, 3.05) is 39.6 Å². The molecule has 0 aromatic heterocycles. The van der Waals surface area contributed by atoms with Crippen LogP contribution in [0.2, 0.25) is 0 Å². The third kappa shape index (κ3) is 4.66. The van der Waals surface area contributed by atoms with Crippen LogP contribution in [0.1, 0.15) is 19.8 Å². The molecule has 5 nitrogen and oxygen atoms in total. The summed E-state index contributed by atoms with van der Waals surface area (Å²) in [5.41, 5.74) is 0. The summed E-state index contributed by atoms with van der Waals surface area (Å²) >= 11 is 0. The van der Waals surface area contributed by atoms with Gasteiger partial charge in [0.05, 0.1) is 11.9 Å². The smallest absolute Gasteiger partial charge is 0.234 e. The fourth-order valence-corrected chi connectivity index (χ4v) is 3.45. The Morgan fingerprint density at radius 2 is 2.22 bits per heavy atom. The van der Waals surface area contributed by atoms with Crippen LogP contribution in [0, 0.1) is 0 Å². The maximum atomic E-state index is 12.2. The Labute approximate surface area is 112 Å². The second kappa shape index (κ2) is 7.86. The van der Waals surface area contributed by atoms with E-state index in [1.165, 1.54) is 4.90 Å². The number of carbonyl (C=O) groups is 1. The summed E-state index contributed by atoms with van der Waals surface area (Å²) in [4.78, 5) is 13.1. The largest absolute Gasteiger partial charge is 0.380 e. The first-order valence-electron chi connectivity index (χ1n) is 6.44. The van der Waals surface area contributed by atoms with Crippen LogP contribution >= 0.6 is 0 Å². The van der Waals surface area contributed by atoms with E-state index in [4.69, 9.17) is 4.74 Å². The van der Waals surface area contributed by atoms with Gasteiger partial charge < -0.3 is 15.0 Å². The predicted molar refractivity (Wildman–Crippen MR) is 73.0 cm³/mol. The minimum Gasteiger partial charge on any atom is -0.380 e. The van der Waals surface area contributed by atoms with Crippen molar-refractivity contribution in [2.45, 2.75) is 31.1 Å². The zero-order valence-corrected chi connectivity index (χ0v) is 12.3. The molecule has 1 N–H and O–H groups in total. The lowest BCUT2D eigenvalue weighted by Crippen LogP contribution is -2.50. The van der Waals surface area contributed by atoms with Crippen molar-refractivity contribution < 1.29 is 13.7 Å². The molecular formula is C12H24N2O3S. The highest BCUT2D eigenvalue weighted by Gasteiger charge is 2.31. The third-order valence-corrected chi connectivity index (χ3v) is 4.73. The number of hydrogen-bond donors (Lipinski definition) is 1. The topological polar surface area (TPSA) is 58.6 Å². The molecule has 1 heterocycles. The summed E-state index contributed by atoms with van der Waals surface area (Å²) in [5, 5.41) is 3.33. The molecule has 0 saturated carbocycles. The number of nitrogens with one attached hydrogen (secondary N) is 1. The summed E-state index contributed by atoms with van der Waals surface area (Å²) < 4.78 is 17.6. The Balaban J connectivity index is 2.54. The van der Waals surface area contributed by atoms with Crippen molar-refractivity contribution in [1.82, 2.24) is 10.2 Å². The number of rotatable bonds is 6. The molecule has 0 aliphatic carbocycles. The quantitative estimate of drug-likeness (QED) is 0.741. The highest BCUT2D eigenvalue weighted by atomic mass is 32.2. The van der Waals surface area contributed by atoms with Crippen molar-refractivity contribution in [2.24, 2.45) is 0 Å². The van der Waals surface area contributed by atoms with Crippen LogP contribution in [-0.2, 0) is 20.3 Å². The summed E-state index contributed by atoms with van der Waals surface area (Å²) in [6.07, 6.45) is 1.92. The summed E-state index contributed by atoms with van der Waals surface area (Å²) in [7, 11) is 2.20. The molecular weight excluding hydrogens is 252 g/mol. The lowest BCUT2D eigenvalue weighted by Gasteiger charge is -2.31. The number of carbonyl (C=O) groups excluding carboxylic acids is 1. The van der Waals surface area contributed by atoms with Crippen LogP contribution in [0.5, 0.6) is 0 Å². The van der Waals surface area contributed by atoms with E-state index in [-0.39, 0.29) is 23.0 Å². The number of nitrogens with zero attached hydrogens (tertiary/aromatic N) is 1. The van der Waals surface area contributed by atoms with Crippen LogP contribution in [0.3, 0.4) is 0 Å². The second-order valence-corrected chi connectivity index (χ2v) is 6.43. The van der Waals surface area contributed by atoms with Gasteiger partial charge in [-0.3, -0.25) is 9.00 Å². The Morgan fingerprint density at radius 3 is 2.83 bits per heavy atom. The van der Waals surface area contributed by atoms with E-state index in [2.05, 4.69) is 12.2 Å². The molecule has 1 aliphatic rings. The molecule has 1 amide bonds. The van der Waals surface area contributed by atoms with Gasteiger partial charge in [-0.15, -0.1) is 0 Å². The Hall–Kier alpha value is -0.460. The summed E-state index contributed by atoms with van der Waals surface area (Å²) in [6.45, 7) is 4.21. The molecule has 3 atom stereocenters. The van der Waals surface area contributed by atoms with Gasteiger partial charge in [0.15, 0.2) is 0 Å². The molecule has 0 radical (unpaired) electrons. The van der Waals surface area contributed by atoms with Crippen LogP contribution < -0.4 is 5.32 Å². The summed E-state index contributed by atoms with van der Waals surface area (Å²) in [6, 6.07) is 0.203. The van der Waals surface area contributed by atoms with Crippen molar-refractivity contribution in [3.63, 3.8) is 0 Å². The Kier molecular flexibility index (Phi) is 6.81. The fraction of sp³-hybridized carbons (Fsp3) is 0.917. The van der Waals surface area contributed by atoms with Gasteiger partial charge in [-0.25, -0.2) is 0 Å². The van der Waals surface area contributed by atoms with Gasteiger partial charge in [0.2, 0.25) is 5.91 Å². The van der Waals surface area contributed by atoms with E-state index in [9.17, 15) is 9.00 Å². The Morgan fingerprint density at radius 1 is 1.50 bits per heavy atom. The highest BCUT2D eigenvalue weighted by molar-refractivity contribution is 7.86. The molecule has 0 bridgehead atoms. The average Bonchev–Trinajstić information content (AvgIpc) is 2.36. The van der Waals surface area contributed by atoms with Gasteiger partial charge in [-0.1, -0.05) is 6.92 Å². The van der Waals surface area contributed by atoms with Gasteiger partial charge in [0, 0.05) is 37.5 Å². The van der Waals surface area contributed by atoms with Gasteiger partial charge in [-0.05, 0) is 19.4 Å². The normalized spacial score (nSPS) is 25.7. The lowest BCUT2D eigenvalue weighted by atomic mass is 10.1. The zero-order chi connectivity index (χ0) is 13.5. The molecule has 106 valence electrons.